The number of thioether (sulfide) groups is 1. The SMILES string of the molecule is Cc1nc(S[C@@H](C)C(=O)N[C@@H](C)c2ccc(F)cc2)c2c3c(sc2n1)CCC3. The van der Waals surface area contributed by atoms with Gasteiger partial charge in [-0.05, 0) is 63.3 Å². The van der Waals surface area contributed by atoms with E-state index in [1.807, 2.05) is 20.8 Å². The van der Waals surface area contributed by atoms with E-state index in [1.54, 1.807) is 23.5 Å². The fraction of sp³-hybridized carbons (Fsp3) is 0.381. The Balaban J connectivity index is 1.52. The van der Waals surface area contributed by atoms with Crippen LogP contribution in [0, 0.1) is 12.7 Å². The Labute approximate surface area is 172 Å². The average Bonchev–Trinajstić information content (AvgIpc) is 3.22. The fourth-order valence-corrected chi connectivity index (χ4v) is 5.94. The van der Waals surface area contributed by atoms with Gasteiger partial charge in [-0.15, -0.1) is 11.3 Å². The zero-order chi connectivity index (χ0) is 19.8. The van der Waals surface area contributed by atoms with Crippen molar-refractivity contribution in [3.05, 3.63) is 51.9 Å². The van der Waals surface area contributed by atoms with E-state index in [0.717, 1.165) is 39.5 Å². The van der Waals surface area contributed by atoms with Crippen molar-refractivity contribution < 1.29 is 9.18 Å². The maximum Gasteiger partial charge on any atom is 0.233 e. The smallest absolute Gasteiger partial charge is 0.233 e. The number of rotatable bonds is 5. The molecule has 2 atom stereocenters. The molecular weight excluding hydrogens is 393 g/mol. The zero-order valence-electron chi connectivity index (χ0n) is 16.1. The normalized spacial score (nSPS) is 15.4. The van der Waals surface area contributed by atoms with Gasteiger partial charge in [-0.25, -0.2) is 14.4 Å². The first kappa shape index (κ1) is 19.3. The van der Waals surface area contributed by atoms with Crippen molar-refractivity contribution in [3.8, 4) is 0 Å². The number of aryl methyl sites for hydroxylation is 3. The molecule has 28 heavy (non-hydrogen) atoms. The molecule has 0 bridgehead atoms. The van der Waals surface area contributed by atoms with Crippen LogP contribution < -0.4 is 5.32 Å². The Morgan fingerprint density at radius 3 is 2.71 bits per heavy atom. The van der Waals surface area contributed by atoms with Crippen molar-refractivity contribution in [1.82, 2.24) is 15.3 Å². The molecule has 1 aromatic carbocycles. The summed E-state index contributed by atoms with van der Waals surface area (Å²) >= 11 is 3.25. The molecular formula is C21H22FN3OS2. The molecule has 4 nitrogen and oxygen atoms in total. The fourth-order valence-electron chi connectivity index (χ4n) is 3.54. The highest BCUT2D eigenvalue weighted by Gasteiger charge is 2.25. The molecule has 0 saturated heterocycles. The predicted molar refractivity (Wildman–Crippen MR) is 112 cm³/mol. The number of thiophene rings is 1. The molecule has 146 valence electrons. The lowest BCUT2D eigenvalue weighted by Crippen LogP contribution is -2.33. The topological polar surface area (TPSA) is 54.9 Å². The molecule has 1 aliphatic rings. The van der Waals surface area contributed by atoms with E-state index in [4.69, 9.17) is 0 Å². The summed E-state index contributed by atoms with van der Waals surface area (Å²) in [6.07, 6.45) is 3.36. The summed E-state index contributed by atoms with van der Waals surface area (Å²) in [6.45, 7) is 5.70. The van der Waals surface area contributed by atoms with Crippen molar-refractivity contribution >= 4 is 39.2 Å². The maximum absolute atomic E-state index is 13.1. The number of halogens is 1. The van der Waals surface area contributed by atoms with Crippen LogP contribution in [0.4, 0.5) is 4.39 Å². The van der Waals surface area contributed by atoms with E-state index < -0.39 is 0 Å². The molecule has 2 heterocycles. The number of carbonyl (C=O) groups is 1. The van der Waals surface area contributed by atoms with Gasteiger partial charge < -0.3 is 5.32 Å². The molecule has 7 heteroatoms. The van der Waals surface area contributed by atoms with Gasteiger partial charge in [0.1, 0.15) is 21.5 Å². The molecule has 0 aliphatic heterocycles. The van der Waals surface area contributed by atoms with Gasteiger partial charge in [-0.3, -0.25) is 4.79 Å². The summed E-state index contributed by atoms with van der Waals surface area (Å²) in [4.78, 5) is 24.5. The van der Waals surface area contributed by atoms with Crippen molar-refractivity contribution in [2.24, 2.45) is 0 Å². The lowest BCUT2D eigenvalue weighted by Gasteiger charge is -2.18. The number of hydrogen-bond donors (Lipinski definition) is 1. The summed E-state index contributed by atoms with van der Waals surface area (Å²) in [5.74, 6) is 0.401. The number of fused-ring (bicyclic) bond motifs is 3. The summed E-state index contributed by atoms with van der Waals surface area (Å²) in [5.41, 5.74) is 2.25. The van der Waals surface area contributed by atoms with Gasteiger partial charge in [-0.1, -0.05) is 23.9 Å². The molecule has 1 aliphatic carbocycles. The molecule has 4 rings (SSSR count). The lowest BCUT2D eigenvalue weighted by atomic mass is 10.1. The highest BCUT2D eigenvalue weighted by molar-refractivity contribution is 8.00. The molecule has 3 aromatic rings. The number of amides is 1. The monoisotopic (exact) mass is 415 g/mol. The van der Waals surface area contributed by atoms with Gasteiger partial charge in [0, 0.05) is 10.3 Å². The Morgan fingerprint density at radius 1 is 1.21 bits per heavy atom. The second kappa shape index (κ2) is 7.79. The van der Waals surface area contributed by atoms with Crippen LogP contribution in [0.25, 0.3) is 10.2 Å². The molecule has 0 unspecified atom stereocenters. The molecule has 0 saturated carbocycles. The van der Waals surface area contributed by atoms with E-state index in [9.17, 15) is 9.18 Å². The summed E-state index contributed by atoms with van der Waals surface area (Å²) in [5, 5.41) is 4.77. The minimum atomic E-state index is -0.294. The third kappa shape index (κ3) is 3.78. The Morgan fingerprint density at radius 2 is 1.96 bits per heavy atom. The van der Waals surface area contributed by atoms with E-state index >= 15 is 0 Å². The van der Waals surface area contributed by atoms with Gasteiger partial charge in [0.25, 0.3) is 0 Å². The molecule has 1 amide bonds. The third-order valence-corrected chi connectivity index (χ3v) is 7.30. The van der Waals surface area contributed by atoms with Crippen LogP contribution >= 0.6 is 23.1 Å². The van der Waals surface area contributed by atoms with Crippen molar-refractivity contribution in [2.75, 3.05) is 0 Å². The highest BCUT2D eigenvalue weighted by atomic mass is 32.2. The standard InChI is InChI=1S/C21H22FN3OS2/c1-11(14-7-9-15(22)10-8-14)23-19(26)12(2)27-20-18-16-5-4-6-17(16)28-21(18)25-13(3)24-20/h7-12H,4-6H2,1-3H3,(H,23,26)/t11-,12-/m0/s1. The molecule has 0 spiro atoms. The number of hydrogen-bond acceptors (Lipinski definition) is 5. The van der Waals surface area contributed by atoms with E-state index in [1.165, 1.54) is 40.8 Å². The summed E-state index contributed by atoms with van der Waals surface area (Å²) in [6, 6.07) is 6.03. The molecule has 2 aromatic heterocycles. The van der Waals surface area contributed by atoms with Crippen LogP contribution in [0.15, 0.2) is 29.3 Å². The van der Waals surface area contributed by atoms with Crippen LogP contribution in [0.3, 0.4) is 0 Å². The number of nitrogens with zero attached hydrogens (tertiary/aromatic N) is 2. The summed E-state index contributed by atoms with van der Waals surface area (Å²) in [7, 11) is 0. The second-order valence-corrected chi connectivity index (χ2v) is 9.57. The van der Waals surface area contributed by atoms with E-state index in [0.29, 0.717) is 0 Å². The number of nitrogens with one attached hydrogen (secondary N) is 1. The number of aromatic nitrogens is 2. The highest BCUT2D eigenvalue weighted by Crippen LogP contribution is 2.41. The quantitative estimate of drug-likeness (QED) is 0.471. The maximum atomic E-state index is 13.1. The van der Waals surface area contributed by atoms with Gasteiger partial charge in [0.05, 0.1) is 11.3 Å². The summed E-state index contributed by atoms with van der Waals surface area (Å²) < 4.78 is 13.1. The van der Waals surface area contributed by atoms with Crippen molar-refractivity contribution in [2.45, 2.75) is 56.4 Å². The molecule has 1 N–H and O–H groups in total. The van der Waals surface area contributed by atoms with Gasteiger partial charge >= 0.3 is 0 Å². The van der Waals surface area contributed by atoms with E-state index in [-0.39, 0.29) is 23.0 Å². The molecule has 0 radical (unpaired) electrons. The third-order valence-electron chi connectivity index (χ3n) is 5.03. The van der Waals surface area contributed by atoms with Crippen molar-refractivity contribution in [3.63, 3.8) is 0 Å². The first-order valence-electron chi connectivity index (χ1n) is 9.43. The first-order valence-corrected chi connectivity index (χ1v) is 11.1. The number of carbonyl (C=O) groups excluding carboxylic acids is 1. The van der Waals surface area contributed by atoms with E-state index in [2.05, 4.69) is 15.3 Å². The van der Waals surface area contributed by atoms with Crippen LogP contribution in [0.1, 0.15) is 48.1 Å². The predicted octanol–water partition coefficient (Wildman–Crippen LogP) is 4.99. The second-order valence-electron chi connectivity index (χ2n) is 7.16. The van der Waals surface area contributed by atoms with Crippen LogP contribution in [0.2, 0.25) is 0 Å². The zero-order valence-corrected chi connectivity index (χ0v) is 17.7. The van der Waals surface area contributed by atoms with Crippen LogP contribution in [-0.4, -0.2) is 21.1 Å². The minimum absolute atomic E-state index is 0.0573. The van der Waals surface area contributed by atoms with Gasteiger partial charge in [0.15, 0.2) is 0 Å². The van der Waals surface area contributed by atoms with Crippen molar-refractivity contribution in [1.29, 1.82) is 0 Å². The Hall–Kier alpha value is -1.99. The van der Waals surface area contributed by atoms with Crippen LogP contribution in [-0.2, 0) is 17.6 Å². The average molecular weight is 416 g/mol. The number of benzene rings is 1. The largest absolute Gasteiger partial charge is 0.349 e. The van der Waals surface area contributed by atoms with Gasteiger partial charge in [-0.2, -0.15) is 0 Å². The Kier molecular flexibility index (Phi) is 5.38. The first-order chi connectivity index (χ1) is 13.4. The minimum Gasteiger partial charge on any atom is -0.349 e. The lowest BCUT2D eigenvalue weighted by molar-refractivity contribution is -0.120. The molecule has 0 fully saturated rings. The van der Waals surface area contributed by atoms with Crippen LogP contribution in [0.5, 0.6) is 0 Å². The Bertz CT molecular complexity index is 1030. The van der Waals surface area contributed by atoms with Gasteiger partial charge in [0.2, 0.25) is 5.91 Å².